The summed E-state index contributed by atoms with van der Waals surface area (Å²) >= 11 is 0. The first-order chi connectivity index (χ1) is 6.07. The second-order valence-corrected chi connectivity index (χ2v) is 2.67. The number of hydrogen-bond acceptors (Lipinski definition) is 3. The molecule has 1 rings (SSSR count). The Morgan fingerprint density at radius 3 is 2.46 bits per heavy atom. The van der Waals surface area contributed by atoms with Crippen molar-refractivity contribution in [3.63, 3.8) is 0 Å². The predicted molar refractivity (Wildman–Crippen MR) is 47.5 cm³/mol. The zero-order chi connectivity index (χ0) is 10.0. The standard InChI is InChI=1S/C8H10BFO3/c1-5-6(9(11)12)3-4-7(13-2)8(5)10/h3-4,11-12H,1-2H3. The first kappa shape index (κ1) is 10.0. The molecule has 0 saturated carbocycles. The molecule has 0 unspecified atom stereocenters. The Morgan fingerprint density at radius 1 is 1.38 bits per heavy atom. The van der Waals surface area contributed by atoms with Crippen molar-refractivity contribution in [2.75, 3.05) is 7.11 Å². The molecule has 0 amide bonds. The summed E-state index contributed by atoms with van der Waals surface area (Å²) in [6, 6.07) is 2.78. The van der Waals surface area contributed by atoms with E-state index in [0.717, 1.165) is 0 Å². The molecule has 5 heteroatoms. The van der Waals surface area contributed by atoms with Crippen molar-refractivity contribution in [2.45, 2.75) is 6.92 Å². The van der Waals surface area contributed by atoms with E-state index in [4.69, 9.17) is 14.8 Å². The Morgan fingerprint density at radius 2 is 2.00 bits per heavy atom. The molecule has 0 fully saturated rings. The molecular formula is C8H10BFO3. The number of hydrogen-bond donors (Lipinski definition) is 2. The molecule has 0 atom stereocenters. The normalized spacial score (nSPS) is 9.92. The summed E-state index contributed by atoms with van der Waals surface area (Å²) in [5, 5.41) is 17.7. The van der Waals surface area contributed by atoms with Crippen LogP contribution >= 0.6 is 0 Å². The Kier molecular flexibility index (Phi) is 2.90. The average molecular weight is 184 g/mol. The largest absolute Gasteiger partial charge is 0.494 e. The summed E-state index contributed by atoms with van der Waals surface area (Å²) in [7, 11) is -0.298. The van der Waals surface area contributed by atoms with Crippen molar-refractivity contribution < 1.29 is 19.2 Å². The Balaban J connectivity index is 3.23. The molecule has 0 saturated heterocycles. The monoisotopic (exact) mass is 184 g/mol. The van der Waals surface area contributed by atoms with Crippen LogP contribution in [0.1, 0.15) is 5.56 Å². The minimum Gasteiger partial charge on any atom is -0.494 e. The average Bonchev–Trinajstić information content (AvgIpc) is 2.09. The third-order valence-electron chi connectivity index (χ3n) is 1.89. The summed E-state index contributed by atoms with van der Waals surface area (Å²) in [6.07, 6.45) is 0. The van der Waals surface area contributed by atoms with E-state index in [1.165, 1.54) is 26.2 Å². The van der Waals surface area contributed by atoms with E-state index in [2.05, 4.69) is 0 Å². The molecule has 0 spiro atoms. The highest BCUT2D eigenvalue weighted by molar-refractivity contribution is 6.59. The van der Waals surface area contributed by atoms with Crippen molar-refractivity contribution in [1.29, 1.82) is 0 Å². The number of rotatable bonds is 2. The van der Waals surface area contributed by atoms with Gasteiger partial charge in [0.25, 0.3) is 0 Å². The van der Waals surface area contributed by atoms with Gasteiger partial charge in [0.05, 0.1) is 7.11 Å². The minimum absolute atomic E-state index is 0.0990. The fourth-order valence-electron chi connectivity index (χ4n) is 1.11. The summed E-state index contributed by atoms with van der Waals surface area (Å²) < 4.78 is 18.0. The molecule has 3 nitrogen and oxygen atoms in total. The molecule has 2 N–H and O–H groups in total. The third kappa shape index (κ3) is 1.81. The van der Waals surface area contributed by atoms with Crippen LogP contribution in [0, 0.1) is 12.7 Å². The van der Waals surface area contributed by atoms with Gasteiger partial charge in [-0.15, -0.1) is 0 Å². The van der Waals surface area contributed by atoms with E-state index in [1.54, 1.807) is 0 Å². The third-order valence-corrected chi connectivity index (χ3v) is 1.89. The van der Waals surface area contributed by atoms with Gasteiger partial charge in [-0.3, -0.25) is 0 Å². The molecule has 13 heavy (non-hydrogen) atoms. The van der Waals surface area contributed by atoms with Crippen molar-refractivity contribution in [2.24, 2.45) is 0 Å². The lowest BCUT2D eigenvalue weighted by molar-refractivity contribution is 0.384. The molecule has 0 aliphatic rings. The summed E-state index contributed by atoms with van der Waals surface area (Å²) in [5.74, 6) is -0.463. The van der Waals surface area contributed by atoms with Gasteiger partial charge in [-0.25, -0.2) is 4.39 Å². The minimum atomic E-state index is -1.65. The first-order valence-corrected chi connectivity index (χ1v) is 3.77. The van der Waals surface area contributed by atoms with Gasteiger partial charge < -0.3 is 14.8 Å². The highest BCUT2D eigenvalue weighted by Gasteiger charge is 2.18. The van der Waals surface area contributed by atoms with Gasteiger partial charge in [-0.05, 0) is 24.0 Å². The molecule has 0 radical (unpaired) electrons. The zero-order valence-corrected chi connectivity index (χ0v) is 7.41. The maximum atomic E-state index is 13.3. The highest BCUT2D eigenvalue weighted by atomic mass is 19.1. The molecule has 0 heterocycles. The topological polar surface area (TPSA) is 49.7 Å². The lowest BCUT2D eigenvalue weighted by Crippen LogP contribution is -2.32. The van der Waals surface area contributed by atoms with Crippen LogP contribution in [0.25, 0.3) is 0 Å². The van der Waals surface area contributed by atoms with Gasteiger partial charge in [0.2, 0.25) is 0 Å². The van der Waals surface area contributed by atoms with Gasteiger partial charge in [0.15, 0.2) is 11.6 Å². The van der Waals surface area contributed by atoms with E-state index in [1.807, 2.05) is 0 Å². The molecule has 1 aromatic rings. The van der Waals surface area contributed by atoms with Crippen LogP contribution < -0.4 is 10.2 Å². The SMILES string of the molecule is COc1ccc(B(O)O)c(C)c1F. The zero-order valence-electron chi connectivity index (χ0n) is 7.41. The van der Waals surface area contributed by atoms with E-state index in [-0.39, 0.29) is 16.8 Å². The highest BCUT2D eigenvalue weighted by Crippen LogP contribution is 2.17. The maximum Gasteiger partial charge on any atom is 0.488 e. The van der Waals surface area contributed by atoms with Gasteiger partial charge in [-0.1, -0.05) is 6.07 Å². The lowest BCUT2D eigenvalue weighted by atomic mass is 9.77. The fraction of sp³-hybridized carbons (Fsp3) is 0.250. The van der Waals surface area contributed by atoms with Gasteiger partial charge in [0, 0.05) is 0 Å². The van der Waals surface area contributed by atoms with Gasteiger partial charge >= 0.3 is 7.12 Å². The summed E-state index contributed by atoms with van der Waals surface area (Å²) in [4.78, 5) is 0. The van der Waals surface area contributed by atoms with Crippen LogP contribution in [-0.4, -0.2) is 24.3 Å². The molecule has 70 valence electrons. The van der Waals surface area contributed by atoms with Crippen molar-refractivity contribution in [3.8, 4) is 5.75 Å². The van der Waals surface area contributed by atoms with Crippen LogP contribution in [0.3, 0.4) is 0 Å². The van der Waals surface area contributed by atoms with E-state index in [9.17, 15) is 4.39 Å². The smallest absolute Gasteiger partial charge is 0.488 e. The van der Waals surface area contributed by atoms with Gasteiger partial charge in [-0.2, -0.15) is 0 Å². The lowest BCUT2D eigenvalue weighted by Gasteiger charge is -2.08. The van der Waals surface area contributed by atoms with Crippen LogP contribution in [0.15, 0.2) is 12.1 Å². The Labute approximate surface area is 75.9 Å². The van der Waals surface area contributed by atoms with Gasteiger partial charge in [0.1, 0.15) is 0 Å². The van der Waals surface area contributed by atoms with E-state index in [0.29, 0.717) is 0 Å². The number of ether oxygens (including phenoxy) is 1. The Hall–Kier alpha value is -1.07. The fourth-order valence-corrected chi connectivity index (χ4v) is 1.11. The number of halogens is 1. The molecule has 0 aliphatic heterocycles. The number of methoxy groups -OCH3 is 1. The first-order valence-electron chi connectivity index (χ1n) is 3.77. The van der Waals surface area contributed by atoms with Crippen LogP contribution in [-0.2, 0) is 0 Å². The van der Waals surface area contributed by atoms with Crippen molar-refractivity contribution in [3.05, 3.63) is 23.5 Å². The predicted octanol–water partition coefficient (Wildman–Crippen LogP) is -0.177. The quantitative estimate of drug-likeness (QED) is 0.627. The Bertz CT molecular complexity index is 315. The summed E-state index contributed by atoms with van der Waals surface area (Å²) in [5.41, 5.74) is 0.340. The summed E-state index contributed by atoms with van der Waals surface area (Å²) in [6.45, 7) is 1.46. The second-order valence-electron chi connectivity index (χ2n) is 2.67. The maximum absolute atomic E-state index is 13.3. The molecule has 0 bridgehead atoms. The van der Waals surface area contributed by atoms with Crippen molar-refractivity contribution in [1.82, 2.24) is 0 Å². The molecule has 0 aromatic heterocycles. The van der Waals surface area contributed by atoms with Crippen LogP contribution in [0.5, 0.6) is 5.75 Å². The molecular weight excluding hydrogens is 174 g/mol. The van der Waals surface area contributed by atoms with Crippen LogP contribution in [0.2, 0.25) is 0 Å². The second kappa shape index (κ2) is 3.76. The van der Waals surface area contributed by atoms with E-state index >= 15 is 0 Å². The molecule has 0 aliphatic carbocycles. The number of benzene rings is 1. The molecule has 1 aromatic carbocycles. The van der Waals surface area contributed by atoms with Crippen LogP contribution in [0.4, 0.5) is 4.39 Å². The van der Waals surface area contributed by atoms with E-state index < -0.39 is 12.9 Å². The van der Waals surface area contributed by atoms with Crippen molar-refractivity contribution >= 4 is 12.6 Å².